The summed E-state index contributed by atoms with van der Waals surface area (Å²) < 4.78 is 2.20. The van der Waals surface area contributed by atoms with E-state index in [2.05, 4.69) is 30.3 Å². The lowest BCUT2D eigenvalue weighted by atomic mass is 10.0. The maximum Gasteiger partial charge on any atom is 0.0951 e. The molecule has 0 amide bonds. The summed E-state index contributed by atoms with van der Waals surface area (Å²) in [6.45, 7) is 8.75. The van der Waals surface area contributed by atoms with Crippen LogP contribution in [0.25, 0.3) is 0 Å². The summed E-state index contributed by atoms with van der Waals surface area (Å²) >= 11 is 0. The third-order valence-electron chi connectivity index (χ3n) is 2.80. The minimum Gasteiger partial charge on any atom is -0.330 e. The molecular weight excluding hydrogens is 186 g/mol. The first-order valence-electron chi connectivity index (χ1n) is 5.79. The van der Waals surface area contributed by atoms with Crippen LogP contribution >= 0.6 is 0 Å². The van der Waals surface area contributed by atoms with Gasteiger partial charge < -0.3 is 10.3 Å². The van der Waals surface area contributed by atoms with Gasteiger partial charge in [-0.25, -0.2) is 4.98 Å². The molecule has 2 atom stereocenters. The minimum absolute atomic E-state index is 0.0639. The van der Waals surface area contributed by atoms with Crippen LogP contribution in [0.15, 0.2) is 12.5 Å². The Morgan fingerprint density at radius 1 is 1.27 bits per heavy atom. The van der Waals surface area contributed by atoms with E-state index in [9.17, 15) is 0 Å². The molecule has 1 heterocycles. The van der Waals surface area contributed by atoms with Gasteiger partial charge in [0.05, 0.1) is 12.0 Å². The monoisotopic (exact) mass is 209 g/mol. The van der Waals surface area contributed by atoms with E-state index in [0.29, 0.717) is 6.04 Å². The molecule has 1 rings (SSSR count). The number of hydrogen-bond donors (Lipinski definition) is 1. The molecule has 0 aromatic carbocycles. The second-order valence-electron chi connectivity index (χ2n) is 4.83. The zero-order valence-corrected chi connectivity index (χ0v) is 10.3. The lowest BCUT2D eigenvalue weighted by molar-refractivity contribution is 0.426. The van der Waals surface area contributed by atoms with Crippen molar-refractivity contribution in [3.63, 3.8) is 0 Å². The van der Waals surface area contributed by atoms with E-state index >= 15 is 0 Å². The smallest absolute Gasteiger partial charge is 0.0951 e. The highest BCUT2D eigenvalue weighted by Gasteiger charge is 2.12. The fourth-order valence-electron chi connectivity index (χ4n) is 1.75. The molecule has 0 saturated heterocycles. The largest absolute Gasteiger partial charge is 0.330 e. The van der Waals surface area contributed by atoms with Crippen LogP contribution in [-0.2, 0) is 0 Å². The Labute approximate surface area is 92.7 Å². The second kappa shape index (κ2) is 5.31. The fraction of sp³-hybridized carbons (Fsp3) is 0.750. The number of hydrogen-bond acceptors (Lipinski definition) is 2. The van der Waals surface area contributed by atoms with E-state index in [1.165, 1.54) is 12.8 Å². The maximum atomic E-state index is 5.89. The van der Waals surface area contributed by atoms with E-state index in [1.54, 1.807) is 0 Å². The van der Waals surface area contributed by atoms with Crippen LogP contribution in [0, 0.1) is 5.92 Å². The highest BCUT2D eigenvalue weighted by molar-refractivity contribution is 5.04. The van der Waals surface area contributed by atoms with Gasteiger partial charge in [0.25, 0.3) is 0 Å². The average molecular weight is 209 g/mol. The number of rotatable bonds is 5. The van der Waals surface area contributed by atoms with Crippen LogP contribution in [0.2, 0.25) is 0 Å². The number of imidazole rings is 1. The van der Waals surface area contributed by atoms with Gasteiger partial charge in [0.1, 0.15) is 0 Å². The van der Waals surface area contributed by atoms with Gasteiger partial charge in [-0.1, -0.05) is 13.8 Å². The van der Waals surface area contributed by atoms with Crippen molar-refractivity contribution in [2.75, 3.05) is 0 Å². The van der Waals surface area contributed by atoms with Crippen molar-refractivity contribution in [3.8, 4) is 0 Å². The predicted octanol–water partition coefficient (Wildman–Crippen LogP) is 2.90. The van der Waals surface area contributed by atoms with Crippen LogP contribution < -0.4 is 5.73 Å². The normalized spacial score (nSPS) is 15.6. The Kier molecular flexibility index (Phi) is 4.33. The third-order valence-corrected chi connectivity index (χ3v) is 2.80. The van der Waals surface area contributed by atoms with E-state index in [-0.39, 0.29) is 6.04 Å². The van der Waals surface area contributed by atoms with Crippen LogP contribution in [0.5, 0.6) is 0 Å². The molecule has 0 radical (unpaired) electrons. The molecule has 1 aromatic rings. The Morgan fingerprint density at radius 3 is 2.47 bits per heavy atom. The van der Waals surface area contributed by atoms with E-state index in [4.69, 9.17) is 5.73 Å². The maximum absolute atomic E-state index is 5.89. The molecule has 0 spiro atoms. The zero-order valence-electron chi connectivity index (χ0n) is 10.3. The highest BCUT2D eigenvalue weighted by atomic mass is 15.1. The van der Waals surface area contributed by atoms with Crippen molar-refractivity contribution in [3.05, 3.63) is 18.2 Å². The van der Waals surface area contributed by atoms with Crippen LogP contribution in [-0.4, -0.2) is 9.55 Å². The summed E-state index contributed by atoms with van der Waals surface area (Å²) in [5.41, 5.74) is 7.02. The van der Waals surface area contributed by atoms with Crippen molar-refractivity contribution >= 4 is 0 Å². The van der Waals surface area contributed by atoms with Crippen molar-refractivity contribution in [1.29, 1.82) is 0 Å². The SMILES string of the molecule is CC(C)CCC(C)n1cncc1[C@H](C)N. The molecule has 0 aliphatic carbocycles. The van der Waals surface area contributed by atoms with Gasteiger partial charge in [-0.05, 0) is 32.6 Å². The molecule has 0 bridgehead atoms. The Morgan fingerprint density at radius 2 is 1.93 bits per heavy atom. The molecule has 0 saturated carbocycles. The lowest BCUT2D eigenvalue weighted by Crippen LogP contribution is -2.15. The van der Waals surface area contributed by atoms with E-state index in [1.807, 2.05) is 19.4 Å². The molecule has 3 heteroatoms. The Hall–Kier alpha value is -0.830. The molecule has 1 aromatic heterocycles. The quantitative estimate of drug-likeness (QED) is 0.810. The Balaban J connectivity index is 2.64. The van der Waals surface area contributed by atoms with Gasteiger partial charge in [0.15, 0.2) is 0 Å². The summed E-state index contributed by atoms with van der Waals surface area (Å²) in [4.78, 5) is 4.17. The highest BCUT2D eigenvalue weighted by Crippen LogP contribution is 2.20. The molecule has 86 valence electrons. The molecule has 0 aliphatic rings. The van der Waals surface area contributed by atoms with Gasteiger partial charge in [0.2, 0.25) is 0 Å². The standard InChI is InChI=1S/C12H23N3/c1-9(2)5-6-10(3)15-8-14-7-12(15)11(4)13/h7-11H,5-6,13H2,1-4H3/t10?,11-/m0/s1. The number of nitrogens with two attached hydrogens (primary N) is 1. The number of aromatic nitrogens is 2. The summed E-state index contributed by atoms with van der Waals surface area (Å²) in [5, 5.41) is 0. The second-order valence-corrected chi connectivity index (χ2v) is 4.83. The van der Waals surface area contributed by atoms with Crippen LogP contribution in [0.1, 0.15) is 58.3 Å². The molecule has 2 N–H and O–H groups in total. The van der Waals surface area contributed by atoms with Crippen molar-refractivity contribution < 1.29 is 0 Å². The summed E-state index contributed by atoms with van der Waals surface area (Å²) in [5.74, 6) is 0.759. The molecule has 3 nitrogen and oxygen atoms in total. The van der Waals surface area contributed by atoms with Gasteiger partial charge in [-0.2, -0.15) is 0 Å². The van der Waals surface area contributed by atoms with E-state index in [0.717, 1.165) is 11.6 Å². The minimum atomic E-state index is 0.0639. The van der Waals surface area contributed by atoms with Crippen LogP contribution in [0.3, 0.4) is 0 Å². The number of nitrogens with zero attached hydrogens (tertiary/aromatic N) is 2. The van der Waals surface area contributed by atoms with Crippen LogP contribution in [0.4, 0.5) is 0 Å². The van der Waals surface area contributed by atoms with Crippen molar-refractivity contribution in [2.45, 2.75) is 52.6 Å². The Bertz CT molecular complexity index is 289. The summed E-state index contributed by atoms with van der Waals surface area (Å²) in [6, 6.07) is 0.560. The van der Waals surface area contributed by atoms with Gasteiger partial charge in [-0.15, -0.1) is 0 Å². The molecule has 0 fully saturated rings. The van der Waals surface area contributed by atoms with Gasteiger partial charge >= 0.3 is 0 Å². The summed E-state index contributed by atoms with van der Waals surface area (Å²) in [7, 11) is 0. The van der Waals surface area contributed by atoms with E-state index < -0.39 is 0 Å². The first kappa shape index (κ1) is 12.2. The topological polar surface area (TPSA) is 43.8 Å². The van der Waals surface area contributed by atoms with Gasteiger partial charge in [-0.3, -0.25) is 0 Å². The molecule has 0 aliphatic heterocycles. The molecule has 15 heavy (non-hydrogen) atoms. The summed E-state index contributed by atoms with van der Waals surface area (Å²) in [6.07, 6.45) is 6.20. The third kappa shape index (κ3) is 3.34. The molecular formula is C12H23N3. The average Bonchev–Trinajstić information content (AvgIpc) is 2.62. The van der Waals surface area contributed by atoms with Crippen molar-refractivity contribution in [1.82, 2.24) is 9.55 Å². The van der Waals surface area contributed by atoms with Crippen molar-refractivity contribution in [2.24, 2.45) is 11.7 Å². The first-order chi connectivity index (χ1) is 7.02. The van der Waals surface area contributed by atoms with Gasteiger partial charge in [0, 0.05) is 18.3 Å². The first-order valence-corrected chi connectivity index (χ1v) is 5.79. The molecule has 1 unspecified atom stereocenters. The lowest BCUT2D eigenvalue weighted by Gasteiger charge is -2.19. The zero-order chi connectivity index (χ0) is 11.4. The predicted molar refractivity (Wildman–Crippen MR) is 63.6 cm³/mol. The fourth-order valence-corrected chi connectivity index (χ4v) is 1.75.